The highest BCUT2D eigenvalue weighted by molar-refractivity contribution is 14.0. The van der Waals surface area contributed by atoms with E-state index < -0.39 is 0 Å². The van der Waals surface area contributed by atoms with Crippen molar-refractivity contribution in [1.82, 2.24) is 15.6 Å². The van der Waals surface area contributed by atoms with Crippen LogP contribution in [0.15, 0.2) is 23.3 Å². The van der Waals surface area contributed by atoms with Gasteiger partial charge in [-0.2, -0.15) is 0 Å². The second-order valence-electron chi connectivity index (χ2n) is 5.16. The van der Waals surface area contributed by atoms with Crippen molar-refractivity contribution in [2.24, 2.45) is 4.99 Å². The summed E-state index contributed by atoms with van der Waals surface area (Å²) >= 11 is 1.67. The van der Waals surface area contributed by atoms with Crippen molar-refractivity contribution in [3.8, 4) is 17.2 Å². The molecule has 2 aromatic rings. The normalized spacial score (nSPS) is 10.7. The highest BCUT2D eigenvalue weighted by Gasteiger charge is 2.13. The Bertz CT molecular complexity index is 712. The number of nitrogens with zero attached hydrogens (tertiary/aromatic N) is 2. The van der Waals surface area contributed by atoms with Gasteiger partial charge in [-0.3, -0.25) is 4.99 Å². The number of nitrogens with one attached hydrogen (secondary N) is 2. The van der Waals surface area contributed by atoms with Crippen LogP contribution in [0.4, 0.5) is 0 Å². The molecule has 1 aromatic heterocycles. The molecule has 2 rings (SSSR count). The Balaban J connectivity index is 0.00000338. The molecule has 0 radical (unpaired) electrons. The minimum atomic E-state index is 0. The quantitative estimate of drug-likeness (QED) is 0.352. The summed E-state index contributed by atoms with van der Waals surface area (Å²) in [5.41, 5.74) is 0.992. The van der Waals surface area contributed by atoms with Crippen molar-refractivity contribution in [2.75, 3.05) is 28.4 Å². The van der Waals surface area contributed by atoms with E-state index in [0.29, 0.717) is 36.3 Å². The maximum atomic E-state index is 5.38. The first-order valence-corrected chi connectivity index (χ1v) is 8.57. The number of aryl methyl sites for hydroxylation is 1. The van der Waals surface area contributed by atoms with Gasteiger partial charge in [-0.15, -0.1) is 35.3 Å². The highest BCUT2D eigenvalue weighted by Crippen LogP contribution is 2.38. The Labute approximate surface area is 175 Å². The van der Waals surface area contributed by atoms with Gasteiger partial charge in [0.1, 0.15) is 0 Å². The number of hydrogen-bond acceptors (Lipinski definition) is 6. The lowest BCUT2D eigenvalue weighted by Gasteiger charge is -2.15. The van der Waals surface area contributed by atoms with E-state index >= 15 is 0 Å². The Morgan fingerprint density at radius 1 is 1.08 bits per heavy atom. The number of hydrogen-bond donors (Lipinski definition) is 2. The van der Waals surface area contributed by atoms with Crippen molar-refractivity contribution in [3.63, 3.8) is 0 Å². The number of aliphatic imine (C=N–C) groups is 1. The van der Waals surface area contributed by atoms with Gasteiger partial charge in [0.25, 0.3) is 0 Å². The van der Waals surface area contributed by atoms with Crippen LogP contribution in [0.3, 0.4) is 0 Å². The van der Waals surface area contributed by atoms with E-state index in [1.54, 1.807) is 39.7 Å². The lowest BCUT2D eigenvalue weighted by molar-refractivity contribution is 0.323. The van der Waals surface area contributed by atoms with Gasteiger partial charge in [0.05, 0.1) is 32.9 Å². The van der Waals surface area contributed by atoms with Gasteiger partial charge in [-0.1, -0.05) is 0 Å². The number of aromatic nitrogens is 1. The van der Waals surface area contributed by atoms with Gasteiger partial charge in [0.15, 0.2) is 17.5 Å². The fourth-order valence-corrected chi connectivity index (χ4v) is 3.04. The summed E-state index contributed by atoms with van der Waals surface area (Å²) < 4.78 is 16.1. The molecule has 0 unspecified atom stereocenters. The molecule has 2 N–H and O–H groups in total. The first-order chi connectivity index (χ1) is 12.1. The zero-order chi connectivity index (χ0) is 18.2. The Morgan fingerprint density at radius 3 is 2.15 bits per heavy atom. The van der Waals surface area contributed by atoms with E-state index in [-0.39, 0.29) is 24.0 Å². The molecule has 26 heavy (non-hydrogen) atoms. The molecule has 0 atom stereocenters. The first kappa shape index (κ1) is 22.3. The molecule has 0 spiro atoms. The van der Waals surface area contributed by atoms with Crippen LogP contribution >= 0.6 is 35.3 Å². The standard InChI is InChI=1S/C17H24N4O3S.HI/c1-11-19-9-13(25-11)10-21-17(18-2)20-8-12-6-14(22-3)16(24-5)15(7-12)23-4;/h6-7,9H,8,10H2,1-5H3,(H2,18,20,21);1H. The molecule has 0 saturated heterocycles. The molecule has 0 fully saturated rings. The van der Waals surface area contributed by atoms with Gasteiger partial charge < -0.3 is 24.8 Å². The van der Waals surface area contributed by atoms with E-state index in [1.807, 2.05) is 25.3 Å². The average Bonchev–Trinajstić information content (AvgIpc) is 3.06. The van der Waals surface area contributed by atoms with Crippen LogP contribution in [0, 0.1) is 6.92 Å². The number of ether oxygens (including phenoxy) is 3. The molecule has 7 nitrogen and oxygen atoms in total. The number of halogens is 1. The van der Waals surface area contributed by atoms with Crippen LogP contribution in [0.2, 0.25) is 0 Å². The third-order valence-corrected chi connectivity index (χ3v) is 4.42. The van der Waals surface area contributed by atoms with E-state index in [9.17, 15) is 0 Å². The predicted octanol–water partition coefficient (Wildman–Crippen LogP) is 2.96. The maximum Gasteiger partial charge on any atom is 0.203 e. The molecule has 9 heteroatoms. The monoisotopic (exact) mass is 492 g/mol. The van der Waals surface area contributed by atoms with Crippen molar-refractivity contribution in [1.29, 1.82) is 0 Å². The second kappa shape index (κ2) is 11.1. The molecule has 0 aliphatic rings. The summed E-state index contributed by atoms with van der Waals surface area (Å²) in [6.45, 7) is 3.24. The Hall–Kier alpha value is -1.75. The molecule has 0 aliphatic heterocycles. The smallest absolute Gasteiger partial charge is 0.203 e. The summed E-state index contributed by atoms with van der Waals surface area (Å²) in [5.74, 6) is 2.54. The Morgan fingerprint density at radius 2 is 1.69 bits per heavy atom. The summed E-state index contributed by atoms with van der Waals surface area (Å²) in [4.78, 5) is 9.64. The van der Waals surface area contributed by atoms with Crippen molar-refractivity contribution < 1.29 is 14.2 Å². The van der Waals surface area contributed by atoms with Crippen LogP contribution in [-0.4, -0.2) is 39.3 Å². The van der Waals surface area contributed by atoms with Crippen LogP contribution in [0.1, 0.15) is 15.4 Å². The fourth-order valence-electron chi connectivity index (χ4n) is 2.30. The fraction of sp³-hybridized carbons (Fsp3) is 0.412. The summed E-state index contributed by atoms with van der Waals surface area (Å²) in [5, 5.41) is 7.60. The van der Waals surface area contributed by atoms with Gasteiger partial charge in [0.2, 0.25) is 5.75 Å². The van der Waals surface area contributed by atoms with Gasteiger partial charge in [-0.25, -0.2) is 4.98 Å². The molecule has 0 bridgehead atoms. The minimum Gasteiger partial charge on any atom is -0.493 e. The zero-order valence-electron chi connectivity index (χ0n) is 15.6. The van der Waals surface area contributed by atoms with Crippen molar-refractivity contribution in [2.45, 2.75) is 20.0 Å². The van der Waals surface area contributed by atoms with Gasteiger partial charge in [0, 0.05) is 24.7 Å². The summed E-state index contributed by atoms with van der Waals surface area (Å²) in [6, 6.07) is 3.82. The molecule has 0 saturated carbocycles. The topological polar surface area (TPSA) is 77.0 Å². The molecular formula is C17H25IN4O3S. The molecule has 0 amide bonds. The number of methoxy groups -OCH3 is 3. The zero-order valence-corrected chi connectivity index (χ0v) is 18.7. The van der Waals surface area contributed by atoms with Crippen LogP contribution in [0.25, 0.3) is 0 Å². The largest absolute Gasteiger partial charge is 0.493 e. The lowest BCUT2D eigenvalue weighted by atomic mass is 10.2. The number of rotatable bonds is 7. The van der Waals surface area contributed by atoms with E-state index in [2.05, 4.69) is 20.6 Å². The molecule has 1 aromatic carbocycles. The van der Waals surface area contributed by atoms with E-state index in [0.717, 1.165) is 15.4 Å². The van der Waals surface area contributed by atoms with Gasteiger partial charge in [-0.05, 0) is 24.6 Å². The highest BCUT2D eigenvalue weighted by atomic mass is 127. The SMILES string of the molecule is CN=C(NCc1cc(OC)c(OC)c(OC)c1)NCc1cnc(C)s1.I. The van der Waals surface area contributed by atoms with E-state index in [4.69, 9.17) is 14.2 Å². The van der Waals surface area contributed by atoms with Crippen LogP contribution < -0.4 is 24.8 Å². The van der Waals surface area contributed by atoms with Crippen molar-refractivity contribution >= 4 is 41.3 Å². The predicted molar refractivity (Wildman–Crippen MR) is 115 cm³/mol. The second-order valence-corrected chi connectivity index (χ2v) is 6.48. The average molecular weight is 492 g/mol. The number of guanidine groups is 1. The maximum absolute atomic E-state index is 5.38. The number of benzene rings is 1. The van der Waals surface area contributed by atoms with E-state index in [1.165, 1.54) is 0 Å². The molecule has 1 heterocycles. The molecular weight excluding hydrogens is 467 g/mol. The number of thiazole rings is 1. The van der Waals surface area contributed by atoms with Crippen LogP contribution in [-0.2, 0) is 13.1 Å². The summed E-state index contributed by atoms with van der Waals surface area (Å²) in [7, 11) is 6.53. The third kappa shape index (κ3) is 5.90. The lowest BCUT2D eigenvalue weighted by Crippen LogP contribution is -2.36. The Kier molecular flexibility index (Phi) is 9.49. The van der Waals surface area contributed by atoms with Crippen molar-refractivity contribution in [3.05, 3.63) is 33.8 Å². The molecule has 144 valence electrons. The molecule has 0 aliphatic carbocycles. The third-order valence-electron chi connectivity index (χ3n) is 3.51. The minimum absolute atomic E-state index is 0. The first-order valence-electron chi connectivity index (χ1n) is 7.76. The van der Waals surface area contributed by atoms with Crippen LogP contribution in [0.5, 0.6) is 17.2 Å². The van der Waals surface area contributed by atoms with Gasteiger partial charge >= 0.3 is 0 Å². The summed E-state index contributed by atoms with van der Waals surface area (Å²) in [6.07, 6.45) is 1.87.